The van der Waals surface area contributed by atoms with Crippen LogP contribution < -0.4 is 10.6 Å². The molecule has 0 radical (unpaired) electrons. The van der Waals surface area contributed by atoms with Gasteiger partial charge in [-0.1, -0.05) is 13.0 Å². The van der Waals surface area contributed by atoms with Gasteiger partial charge in [-0.05, 0) is 31.9 Å². The summed E-state index contributed by atoms with van der Waals surface area (Å²) in [4.78, 5) is 2.46. The Balaban J connectivity index is 2.35. The fraction of sp³-hybridized carbons (Fsp3) is 0.500. The van der Waals surface area contributed by atoms with Gasteiger partial charge in [-0.15, -0.1) is 0 Å². The van der Waals surface area contributed by atoms with Crippen molar-refractivity contribution in [1.29, 1.82) is 0 Å². The summed E-state index contributed by atoms with van der Waals surface area (Å²) >= 11 is 0. The quantitative estimate of drug-likeness (QED) is 0.726. The molecular formula is C12H18N2. The zero-order valence-corrected chi connectivity index (χ0v) is 8.96. The summed E-state index contributed by atoms with van der Waals surface area (Å²) < 4.78 is 0. The zero-order valence-electron chi connectivity index (χ0n) is 8.96. The molecular weight excluding hydrogens is 172 g/mol. The van der Waals surface area contributed by atoms with E-state index in [9.17, 15) is 0 Å². The summed E-state index contributed by atoms with van der Waals surface area (Å²) in [7, 11) is 0. The Kier molecular flexibility index (Phi) is 2.36. The van der Waals surface area contributed by atoms with Crippen LogP contribution in [0, 0.1) is 0 Å². The van der Waals surface area contributed by atoms with Crippen LogP contribution in [-0.2, 0) is 6.42 Å². The third-order valence-corrected chi connectivity index (χ3v) is 3.22. The smallest absolute Gasteiger partial charge is 0.0422 e. The molecule has 2 N–H and O–H groups in total. The van der Waals surface area contributed by atoms with Crippen molar-refractivity contribution in [3.05, 3.63) is 23.8 Å². The third kappa shape index (κ3) is 1.35. The number of hydrogen-bond acceptors (Lipinski definition) is 2. The Morgan fingerprint density at radius 1 is 1.50 bits per heavy atom. The second-order valence-corrected chi connectivity index (χ2v) is 4.05. The predicted molar refractivity (Wildman–Crippen MR) is 61.7 cm³/mol. The molecule has 0 saturated carbocycles. The molecule has 76 valence electrons. The molecule has 0 aliphatic carbocycles. The molecule has 0 saturated heterocycles. The fourth-order valence-electron chi connectivity index (χ4n) is 2.16. The van der Waals surface area contributed by atoms with Crippen molar-refractivity contribution in [1.82, 2.24) is 0 Å². The van der Waals surface area contributed by atoms with Crippen LogP contribution in [0.1, 0.15) is 25.8 Å². The van der Waals surface area contributed by atoms with Gasteiger partial charge in [-0.2, -0.15) is 0 Å². The lowest BCUT2D eigenvalue weighted by molar-refractivity contribution is 0.635. The van der Waals surface area contributed by atoms with Gasteiger partial charge in [-0.3, -0.25) is 0 Å². The van der Waals surface area contributed by atoms with Crippen molar-refractivity contribution in [3.63, 3.8) is 0 Å². The van der Waals surface area contributed by atoms with Crippen molar-refractivity contribution in [2.75, 3.05) is 17.2 Å². The molecule has 1 unspecified atom stereocenters. The molecule has 1 aromatic rings. The molecule has 2 nitrogen and oxygen atoms in total. The molecule has 1 atom stereocenters. The van der Waals surface area contributed by atoms with Gasteiger partial charge < -0.3 is 10.6 Å². The number of nitrogen functional groups attached to an aromatic ring is 1. The molecule has 1 aliphatic heterocycles. The Bertz CT molecular complexity index is 333. The first-order valence-electron chi connectivity index (χ1n) is 5.38. The maximum Gasteiger partial charge on any atom is 0.0422 e. The van der Waals surface area contributed by atoms with E-state index in [4.69, 9.17) is 5.73 Å². The minimum atomic E-state index is 0.623. The number of rotatable bonds is 2. The van der Waals surface area contributed by atoms with Crippen LogP contribution in [0.25, 0.3) is 0 Å². The van der Waals surface area contributed by atoms with Crippen LogP contribution in [0.5, 0.6) is 0 Å². The van der Waals surface area contributed by atoms with Crippen molar-refractivity contribution < 1.29 is 0 Å². The van der Waals surface area contributed by atoms with Crippen molar-refractivity contribution in [3.8, 4) is 0 Å². The summed E-state index contributed by atoms with van der Waals surface area (Å²) in [5.74, 6) is 0. The number of hydrogen-bond donors (Lipinski definition) is 1. The van der Waals surface area contributed by atoms with Crippen LogP contribution in [0.2, 0.25) is 0 Å². The Hall–Kier alpha value is -1.18. The molecule has 0 bridgehead atoms. The highest BCUT2D eigenvalue weighted by Gasteiger charge is 2.23. The van der Waals surface area contributed by atoms with Crippen LogP contribution in [-0.4, -0.2) is 12.6 Å². The molecule has 2 rings (SSSR count). The fourth-order valence-corrected chi connectivity index (χ4v) is 2.16. The van der Waals surface area contributed by atoms with E-state index in [0.717, 1.165) is 18.7 Å². The van der Waals surface area contributed by atoms with E-state index in [-0.39, 0.29) is 0 Å². The summed E-state index contributed by atoms with van der Waals surface area (Å²) in [5, 5.41) is 0. The van der Waals surface area contributed by atoms with E-state index in [1.54, 1.807) is 0 Å². The van der Waals surface area contributed by atoms with Gasteiger partial charge >= 0.3 is 0 Å². The van der Waals surface area contributed by atoms with Crippen molar-refractivity contribution in [2.24, 2.45) is 0 Å². The van der Waals surface area contributed by atoms with E-state index < -0.39 is 0 Å². The first-order chi connectivity index (χ1) is 6.74. The van der Waals surface area contributed by atoms with Gasteiger partial charge in [-0.25, -0.2) is 0 Å². The van der Waals surface area contributed by atoms with Crippen LogP contribution in [0.3, 0.4) is 0 Å². The minimum Gasteiger partial charge on any atom is -0.398 e. The van der Waals surface area contributed by atoms with E-state index >= 15 is 0 Å². The third-order valence-electron chi connectivity index (χ3n) is 3.22. The molecule has 1 aromatic carbocycles. The normalized spacial score (nSPS) is 16.9. The Labute approximate surface area is 85.7 Å². The summed E-state index contributed by atoms with van der Waals surface area (Å²) in [5.41, 5.74) is 9.59. The van der Waals surface area contributed by atoms with Gasteiger partial charge in [0, 0.05) is 29.5 Å². The number of fused-ring (bicyclic) bond motifs is 1. The molecule has 1 aliphatic rings. The molecule has 1 heterocycles. The molecule has 0 fully saturated rings. The largest absolute Gasteiger partial charge is 0.398 e. The average molecular weight is 190 g/mol. The van der Waals surface area contributed by atoms with Gasteiger partial charge in [0.25, 0.3) is 0 Å². The average Bonchev–Trinajstić information content (AvgIpc) is 2.62. The van der Waals surface area contributed by atoms with Gasteiger partial charge in [0.05, 0.1) is 0 Å². The second-order valence-electron chi connectivity index (χ2n) is 4.05. The summed E-state index contributed by atoms with van der Waals surface area (Å²) in [6.45, 7) is 5.63. The molecule has 14 heavy (non-hydrogen) atoms. The van der Waals surface area contributed by atoms with Crippen LogP contribution in [0.4, 0.5) is 11.4 Å². The molecule has 0 spiro atoms. The van der Waals surface area contributed by atoms with E-state index in [1.807, 2.05) is 6.07 Å². The summed E-state index contributed by atoms with van der Waals surface area (Å²) in [6.07, 6.45) is 2.29. The lowest BCUT2D eigenvalue weighted by Crippen LogP contribution is -2.30. The van der Waals surface area contributed by atoms with E-state index in [2.05, 4.69) is 30.9 Å². The first-order valence-corrected chi connectivity index (χ1v) is 5.38. The first kappa shape index (κ1) is 9.38. The number of nitrogens with zero attached hydrogens (tertiary/aromatic N) is 1. The number of anilines is 2. The van der Waals surface area contributed by atoms with Crippen molar-refractivity contribution in [2.45, 2.75) is 32.7 Å². The predicted octanol–water partition coefficient (Wildman–Crippen LogP) is 2.43. The number of benzene rings is 1. The highest BCUT2D eigenvalue weighted by atomic mass is 15.2. The highest BCUT2D eigenvalue weighted by Crippen LogP contribution is 2.33. The maximum absolute atomic E-state index is 5.95. The minimum absolute atomic E-state index is 0.623. The maximum atomic E-state index is 5.95. The SMILES string of the molecule is CCC(C)N1CCc2c(N)cccc21. The van der Waals surface area contributed by atoms with E-state index in [1.165, 1.54) is 17.7 Å². The topological polar surface area (TPSA) is 29.3 Å². The van der Waals surface area contributed by atoms with Crippen LogP contribution in [0.15, 0.2) is 18.2 Å². The van der Waals surface area contributed by atoms with E-state index in [0.29, 0.717) is 6.04 Å². The monoisotopic (exact) mass is 190 g/mol. The Morgan fingerprint density at radius 3 is 3.00 bits per heavy atom. The molecule has 2 heteroatoms. The van der Waals surface area contributed by atoms with Gasteiger partial charge in [0.15, 0.2) is 0 Å². The molecule has 0 aromatic heterocycles. The highest BCUT2D eigenvalue weighted by molar-refractivity contribution is 5.68. The standard InChI is InChI=1S/C12H18N2/c1-3-9(2)14-8-7-10-11(13)5-4-6-12(10)14/h4-6,9H,3,7-8,13H2,1-2H3. The lowest BCUT2D eigenvalue weighted by Gasteiger charge is -2.26. The van der Waals surface area contributed by atoms with Crippen molar-refractivity contribution >= 4 is 11.4 Å². The molecule has 0 amide bonds. The van der Waals surface area contributed by atoms with Gasteiger partial charge in [0.2, 0.25) is 0 Å². The van der Waals surface area contributed by atoms with Gasteiger partial charge in [0.1, 0.15) is 0 Å². The Morgan fingerprint density at radius 2 is 2.29 bits per heavy atom. The second kappa shape index (κ2) is 3.52. The lowest BCUT2D eigenvalue weighted by atomic mass is 10.1. The van der Waals surface area contributed by atoms with Crippen LogP contribution >= 0.6 is 0 Å². The summed E-state index contributed by atoms with van der Waals surface area (Å²) in [6, 6.07) is 6.86. The number of nitrogens with two attached hydrogens (primary N) is 1. The zero-order chi connectivity index (χ0) is 10.1.